The summed E-state index contributed by atoms with van der Waals surface area (Å²) in [7, 11) is -0.887. The SMILES string of the molecule is O=S(Cc1ccc(CNC2CC2)o1)CC1CCCO1. The molecular weight excluding hydrogens is 262 g/mol. The highest BCUT2D eigenvalue weighted by atomic mass is 32.2. The molecular formula is C14H21NO3S. The largest absolute Gasteiger partial charge is 0.464 e. The molecule has 2 atom stereocenters. The van der Waals surface area contributed by atoms with Crippen molar-refractivity contribution < 1.29 is 13.4 Å². The normalized spacial score (nSPS) is 24.7. The quantitative estimate of drug-likeness (QED) is 0.831. The molecule has 1 aromatic rings. The monoisotopic (exact) mass is 283 g/mol. The van der Waals surface area contributed by atoms with E-state index in [1.807, 2.05) is 12.1 Å². The molecule has 0 amide bonds. The van der Waals surface area contributed by atoms with Crippen LogP contribution in [0, 0.1) is 0 Å². The van der Waals surface area contributed by atoms with E-state index >= 15 is 0 Å². The summed E-state index contributed by atoms with van der Waals surface area (Å²) in [5.74, 6) is 2.90. The van der Waals surface area contributed by atoms with Crippen molar-refractivity contribution in [3.63, 3.8) is 0 Å². The molecule has 2 unspecified atom stereocenters. The number of hydrogen-bond acceptors (Lipinski definition) is 4. The Labute approximate surface area is 116 Å². The highest BCUT2D eigenvalue weighted by molar-refractivity contribution is 7.84. The minimum Gasteiger partial charge on any atom is -0.464 e. The minimum absolute atomic E-state index is 0.187. The second-order valence-electron chi connectivity index (χ2n) is 5.41. The van der Waals surface area contributed by atoms with E-state index in [1.165, 1.54) is 12.8 Å². The fourth-order valence-electron chi connectivity index (χ4n) is 2.33. The number of ether oxygens (including phenoxy) is 1. The molecule has 1 aromatic heterocycles. The summed E-state index contributed by atoms with van der Waals surface area (Å²) < 4.78 is 23.2. The summed E-state index contributed by atoms with van der Waals surface area (Å²) in [4.78, 5) is 0. The Morgan fingerprint density at radius 3 is 2.84 bits per heavy atom. The molecule has 1 N–H and O–H groups in total. The van der Waals surface area contributed by atoms with Crippen molar-refractivity contribution in [1.82, 2.24) is 5.32 Å². The van der Waals surface area contributed by atoms with Crippen LogP contribution in [0.2, 0.25) is 0 Å². The first-order valence-corrected chi connectivity index (χ1v) is 8.56. The van der Waals surface area contributed by atoms with Gasteiger partial charge >= 0.3 is 0 Å². The summed E-state index contributed by atoms with van der Waals surface area (Å²) in [5.41, 5.74) is 0. The molecule has 4 nitrogen and oxygen atoms in total. The molecule has 5 heteroatoms. The molecule has 0 aromatic carbocycles. The van der Waals surface area contributed by atoms with E-state index < -0.39 is 10.8 Å². The molecule has 2 heterocycles. The Balaban J connectivity index is 1.44. The molecule has 1 saturated heterocycles. The molecule has 106 valence electrons. The van der Waals surface area contributed by atoms with Gasteiger partial charge in [-0.3, -0.25) is 4.21 Å². The van der Waals surface area contributed by atoms with Gasteiger partial charge in [0.25, 0.3) is 0 Å². The molecule has 0 radical (unpaired) electrons. The van der Waals surface area contributed by atoms with Crippen LogP contribution in [0.4, 0.5) is 0 Å². The lowest BCUT2D eigenvalue weighted by Crippen LogP contribution is -2.16. The number of furan rings is 1. The zero-order valence-corrected chi connectivity index (χ0v) is 11.9. The van der Waals surface area contributed by atoms with Gasteiger partial charge in [0.15, 0.2) is 0 Å². The van der Waals surface area contributed by atoms with Crippen LogP contribution in [0.5, 0.6) is 0 Å². The molecule has 1 saturated carbocycles. The maximum atomic E-state index is 12.0. The van der Waals surface area contributed by atoms with Crippen LogP contribution in [0.3, 0.4) is 0 Å². The van der Waals surface area contributed by atoms with Crippen LogP contribution in [-0.4, -0.2) is 28.7 Å². The van der Waals surface area contributed by atoms with E-state index in [4.69, 9.17) is 9.15 Å². The lowest BCUT2D eigenvalue weighted by molar-refractivity contribution is 0.128. The number of hydrogen-bond donors (Lipinski definition) is 1. The maximum absolute atomic E-state index is 12.0. The van der Waals surface area contributed by atoms with E-state index in [2.05, 4.69) is 5.32 Å². The Hall–Kier alpha value is -0.650. The predicted molar refractivity (Wildman–Crippen MR) is 74.3 cm³/mol. The van der Waals surface area contributed by atoms with E-state index in [0.717, 1.165) is 37.5 Å². The standard InChI is InChI=1S/C14H21NO3S/c16-19(9-13-2-1-7-17-13)10-14-6-5-12(18-14)8-15-11-3-4-11/h5-6,11,13,15H,1-4,7-10H2. The highest BCUT2D eigenvalue weighted by Crippen LogP contribution is 2.20. The van der Waals surface area contributed by atoms with Gasteiger partial charge in [0.05, 0.1) is 24.2 Å². The summed E-state index contributed by atoms with van der Waals surface area (Å²) in [5, 5.41) is 3.41. The lowest BCUT2D eigenvalue weighted by Gasteiger charge is -2.07. The summed E-state index contributed by atoms with van der Waals surface area (Å²) in [6, 6.07) is 4.60. The van der Waals surface area contributed by atoms with Crippen molar-refractivity contribution in [2.24, 2.45) is 0 Å². The first-order valence-electron chi connectivity index (χ1n) is 7.07. The van der Waals surface area contributed by atoms with Crippen LogP contribution in [0.25, 0.3) is 0 Å². The van der Waals surface area contributed by atoms with Gasteiger partial charge in [0.2, 0.25) is 0 Å². The lowest BCUT2D eigenvalue weighted by atomic mass is 10.3. The van der Waals surface area contributed by atoms with Crippen molar-refractivity contribution in [2.75, 3.05) is 12.4 Å². The highest BCUT2D eigenvalue weighted by Gasteiger charge is 2.21. The van der Waals surface area contributed by atoms with Gasteiger partial charge in [-0.1, -0.05) is 0 Å². The van der Waals surface area contributed by atoms with Crippen LogP contribution >= 0.6 is 0 Å². The molecule has 3 rings (SSSR count). The van der Waals surface area contributed by atoms with Crippen molar-refractivity contribution >= 4 is 10.8 Å². The van der Waals surface area contributed by atoms with Crippen molar-refractivity contribution in [3.8, 4) is 0 Å². The van der Waals surface area contributed by atoms with Gasteiger partial charge < -0.3 is 14.5 Å². The maximum Gasteiger partial charge on any atom is 0.118 e. The van der Waals surface area contributed by atoms with Gasteiger partial charge in [0.1, 0.15) is 11.5 Å². The van der Waals surface area contributed by atoms with E-state index in [1.54, 1.807) is 0 Å². The van der Waals surface area contributed by atoms with Crippen molar-refractivity contribution in [1.29, 1.82) is 0 Å². The third kappa shape index (κ3) is 4.16. The van der Waals surface area contributed by atoms with E-state index in [-0.39, 0.29) is 6.10 Å². The molecule has 1 aliphatic heterocycles. The Kier molecular flexibility index (Phi) is 4.35. The molecule has 0 bridgehead atoms. The van der Waals surface area contributed by atoms with Crippen molar-refractivity contribution in [2.45, 2.75) is 50.1 Å². The first kappa shape index (κ1) is 13.3. The van der Waals surface area contributed by atoms with Crippen LogP contribution in [-0.2, 0) is 27.8 Å². The van der Waals surface area contributed by atoms with Crippen LogP contribution in [0.15, 0.2) is 16.5 Å². The molecule has 2 fully saturated rings. The summed E-state index contributed by atoms with van der Waals surface area (Å²) in [6.45, 7) is 1.60. The third-order valence-corrected chi connectivity index (χ3v) is 4.91. The zero-order valence-electron chi connectivity index (χ0n) is 11.1. The molecule has 1 aliphatic carbocycles. The Morgan fingerprint density at radius 2 is 2.11 bits per heavy atom. The predicted octanol–water partition coefficient (Wildman–Crippen LogP) is 1.96. The smallest absolute Gasteiger partial charge is 0.118 e. The Bertz CT molecular complexity index is 436. The third-order valence-electron chi connectivity index (χ3n) is 3.56. The fourth-order valence-corrected chi connectivity index (χ4v) is 3.60. The van der Waals surface area contributed by atoms with Crippen LogP contribution < -0.4 is 5.32 Å². The molecule has 2 aliphatic rings. The average molecular weight is 283 g/mol. The van der Waals surface area contributed by atoms with Crippen LogP contribution in [0.1, 0.15) is 37.2 Å². The second kappa shape index (κ2) is 6.20. The fraction of sp³-hybridized carbons (Fsp3) is 0.714. The topological polar surface area (TPSA) is 51.5 Å². The van der Waals surface area contributed by atoms with Gasteiger partial charge in [-0.15, -0.1) is 0 Å². The number of nitrogens with one attached hydrogen (secondary N) is 1. The molecule has 0 spiro atoms. The van der Waals surface area contributed by atoms with E-state index in [9.17, 15) is 4.21 Å². The second-order valence-corrected chi connectivity index (χ2v) is 6.91. The van der Waals surface area contributed by atoms with Gasteiger partial charge in [-0.25, -0.2) is 0 Å². The average Bonchev–Trinajstić information content (AvgIpc) is 2.88. The van der Waals surface area contributed by atoms with Gasteiger partial charge in [0, 0.05) is 23.4 Å². The summed E-state index contributed by atoms with van der Waals surface area (Å²) in [6.07, 6.45) is 4.88. The minimum atomic E-state index is -0.887. The van der Waals surface area contributed by atoms with Crippen molar-refractivity contribution in [3.05, 3.63) is 23.7 Å². The first-order chi connectivity index (χ1) is 9.29. The number of rotatable bonds is 7. The van der Waals surface area contributed by atoms with E-state index in [0.29, 0.717) is 17.5 Å². The summed E-state index contributed by atoms with van der Waals surface area (Å²) >= 11 is 0. The Morgan fingerprint density at radius 1 is 1.26 bits per heavy atom. The zero-order chi connectivity index (χ0) is 13.1. The van der Waals surface area contributed by atoms with Gasteiger partial charge in [-0.2, -0.15) is 0 Å². The van der Waals surface area contributed by atoms with Gasteiger partial charge in [-0.05, 0) is 37.8 Å². The molecule has 19 heavy (non-hydrogen) atoms.